The van der Waals surface area contributed by atoms with Crippen LogP contribution in [0.3, 0.4) is 0 Å². The Bertz CT molecular complexity index is 588. The third-order valence-electron chi connectivity index (χ3n) is 3.71. The first kappa shape index (κ1) is 15.3. The number of carbonyl (C=O) groups excluding carboxylic acids is 1. The Kier molecular flexibility index (Phi) is 5.12. The molecule has 0 saturated carbocycles. The Morgan fingerprint density at radius 3 is 2.24 bits per heavy atom. The molecule has 1 atom stereocenters. The predicted molar refractivity (Wildman–Crippen MR) is 87.2 cm³/mol. The molecule has 2 rings (SSSR count). The fourth-order valence-electron chi connectivity index (χ4n) is 2.42. The summed E-state index contributed by atoms with van der Waals surface area (Å²) in [5.74, 6) is -0.231. The number of para-hydroxylation sites is 1. The lowest BCUT2D eigenvalue weighted by Gasteiger charge is -2.17. The highest BCUT2D eigenvalue weighted by molar-refractivity contribution is 5.94. The van der Waals surface area contributed by atoms with Crippen LogP contribution in [0.5, 0.6) is 0 Å². The molecular formula is C18H22N2O. The lowest BCUT2D eigenvalue weighted by Crippen LogP contribution is -2.31. The summed E-state index contributed by atoms with van der Waals surface area (Å²) in [5.41, 5.74) is 9.95. The summed E-state index contributed by atoms with van der Waals surface area (Å²) in [7, 11) is 0. The minimum Gasteiger partial charge on any atom is -0.330 e. The maximum Gasteiger partial charge on any atom is 0.229 e. The molecule has 0 fully saturated rings. The summed E-state index contributed by atoms with van der Waals surface area (Å²) < 4.78 is 0. The summed E-state index contributed by atoms with van der Waals surface area (Å²) in [6, 6.07) is 16.0. The summed E-state index contributed by atoms with van der Waals surface area (Å²) >= 11 is 0. The van der Waals surface area contributed by atoms with Crippen molar-refractivity contribution in [3.05, 3.63) is 65.2 Å². The second kappa shape index (κ2) is 7.04. The number of hydrogen-bond acceptors (Lipinski definition) is 2. The first-order valence-electron chi connectivity index (χ1n) is 7.23. The number of benzene rings is 2. The number of nitrogens with one attached hydrogen (secondary N) is 1. The van der Waals surface area contributed by atoms with Gasteiger partial charge in [-0.15, -0.1) is 0 Å². The van der Waals surface area contributed by atoms with E-state index < -0.39 is 0 Å². The van der Waals surface area contributed by atoms with Crippen molar-refractivity contribution in [3.8, 4) is 0 Å². The minimum absolute atomic E-state index is 0.0150. The van der Waals surface area contributed by atoms with Gasteiger partial charge in [0, 0.05) is 12.2 Å². The van der Waals surface area contributed by atoms with Crippen LogP contribution in [0.25, 0.3) is 0 Å². The molecule has 0 spiro atoms. The molecule has 0 aliphatic rings. The largest absolute Gasteiger partial charge is 0.330 e. The zero-order chi connectivity index (χ0) is 15.2. The molecule has 0 aliphatic carbocycles. The fraction of sp³-hybridized carbons (Fsp3) is 0.278. The molecule has 1 unspecified atom stereocenters. The fourth-order valence-corrected chi connectivity index (χ4v) is 2.42. The van der Waals surface area contributed by atoms with Gasteiger partial charge < -0.3 is 11.1 Å². The van der Waals surface area contributed by atoms with Crippen molar-refractivity contribution in [1.82, 2.24) is 0 Å². The standard InChI is InChI=1S/C18H22N2O/c1-13-7-6-8-14(2)17(13)20-18(21)16(12-19)11-15-9-4-3-5-10-15/h3-10,16H,11-12,19H2,1-2H3,(H,20,21). The first-order valence-corrected chi connectivity index (χ1v) is 7.23. The molecule has 110 valence electrons. The molecule has 0 aromatic heterocycles. The van der Waals surface area contributed by atoms with Gasteiger partial charge in [0.05, 0.1) is 5.92 Å². The van der Waals surface area contributed by atoms with E-state index in [1.54, 1.807) is 0 Å². The summed E-state index contributed by atoms with van der Waals surface area (Å²) in [6.07, 6.45) is 0.661. The van der Waals surface area contributed by atoms with E-state index in [1.165, 1.54) is 0 Å². The van der Waals surface area contributed by atoms with Gasteiger partial charge in [0.2, 0.25) is 5.91 Å². The highest BCUT2D eigenvalue weighted by Gasteiger charge is 2.18. The van der Waals surface area contributed by atoms with Crippen LogP contribution in [0.2, 0.25) is 0 Å². The topological polar surface area (TPSA) is 55.1 Å². The molecule has 0 aliphatic heterocycles. The van der Waals surface area contributed by atoms with E-state index in [1.807, 2.05) is 62.4 Å². The van der Waals surface area contributed by atoms with Gasteiger partial charge >= 0.3 is 0 Å². The van der Waals surface area contributed by atoms with Gasteiger partial charge in [-0.3, -0.25) is 4.79 Å². The van der Waals surface area contributed by atoms with Crippen molar-refractivity contribution in [3.63, 3.8) is 0 Å². The summed E-state index contributed by atoms with van der Waals surface area (Å²) in [5, 5.41) is 3.03. The molecule has 0 saturated heterocycles. The molecule has 3 heteroatoms. The third-order valence-corrected chi connectivity index (χ3v) is 3.71. The van der Waals surface area contributed by atoms with Crippen LogP contribution in [0.15, 0.2) is 48.5 Å². The van der Waals surface area contributed by atoms with Crippen molar-refractivity contribution in [2.24, 2.45) is 11.7 Å². The molecule has 2 aromatic carbocycles. The lowest BCUT2D eigenvalue weighted by molar-refractivity contribution is -0.119. The van der Waals surface area contributed by atoms with Crippen LogP contribution >= 0.6 is 0 Å². The number of nitrogens with two attached hydrogens (primary N) is 1. The molecule has 3 nitrogen and oxygen atoms in total. The first-order chi connectivity index (χ1) is 10.1. The van der Waals surface area contributed by atoms with Crippen LogP contribution in [0.4, 0.5) is 5.69 Å². The Balaban J connectivity index is 2.10. The van der Waals surface area contributed by atoms with Gasteiger partial charge in [-0.25, -0.2) is 0 Å². The van der Waals surface area contributed by atoms with Gasteiger partial charge in [0.15, 0.2) is 0 Å². The van der Waals surface area contributed by atoms with Crippen LogP contribution in [-0.2, 0) is 11.2 Å². The number of carbonyl (C=O) groups is 1. The van der Waals surface area contributed by atoms with Crippen LogP contribution in [0.1, 0.15) is 16.7 Å². The Labute approximate surface area is 126 Å². The maximum atomic E-state index is 12.5. The van der Waals surface area contributed by atoms with Crippen molar-refractivity contribution in [1.29, 1.82) is 0 Å². The Morgan fingerprint density at radius 2 is 1.67 bits per heavy atom. The Morgan fingerprint density at radius 1 is 1.05 bits per heavy atom. The zero-order valence-corrected chi connectivity index (χ0v) is 12.6. The van der Waals surface area contributed by atoms with E-state index >= 15 is 0 Å². The van der Waals surface area contributed by atoms with Crippen LogP contribution in [-0.4, -0.2) is 12.5 Å². The average molecular weight is 282 g/mol. The third kappa shape index (κ3) is 3.92. The lowest BCUT2D eigenvalue weighted by atomic mass is 9.98. The molecule has 21 heavy (non-hydrogen) atoms. The predicted octanol–water partition coefficient (Wildman–Crippen LogP) is 3.06. The zero-order valence-electron chi connectivity index (χ0n) is 12.6. The highest BCUT2D eigenvalue weighted by Crippen LogP contribution is 2.20. The number of aryl methyl sites for hydroxylation is 2. The second-order valence-corrected chi connectivity index (χ2v) is 5.38. The van der Waals surface area contributed by atoms with E-state index in [2.05, 4.69) is 5.32 Å². The molecule has 1 amide bonds. The van der Waals surface area contributed by atoms with Crippen molar-refractivity contribution in [2.45, 2.75) is 20.3 Å². The van der Waals surface area contributed by atoms with E-state index in [-0.39, 0.29) is 11.8 Å². The highest BCUT2D eigenvalue weighted by atomic mass is 16.1. The molecule has 3 N–H and O–H groups in total. The van der Waals surface area contributed by atoms with Gasteiger partial charge in [-0.05, 0) is 37.0 Å². The quantitative estimate of drug-likeness (QED) is 0.885. The van der Waals surface area contributed by atoms with Crippen molar-refractivity contribution < 1.29 is 4.79 Å². The monoisotopic (exact) mass is 282 g/mol. The molecular weight excluding hydrogens is 260 g/mol. The van der Waals surface area contributed by atoms with Gasteiger partial charge in [0.25, 0.3) is 0 Å². The smallest absolute Gasteiger partial charge is 0.229 e. The van der Waals surface area contributed by atoms with Crippen molar-refractivity contribution in [2.75, 3.05) is 11.9 Å². The second-order valence-electron chi connectivity index (χ2n) is 5.38. The molecule has 0 heterocycles. The van der Waals surface area contributed by atoms with Crippen LogP contribution in [0, 0.1) is 19.8 Å². The number of amides is 1. The normalized spacial score (nSPS) is 12.0. The van der Waals surface area contributed by atoms with Gasteiger partial charge in [-0.1, -0.05) is 48.5 Å². The molecule has 2 aromatic rings. The molecule has 0 radical (unpaired) electrons. The summed E-state index contributed by atoms with van der Waals surface area (Å²) in [6.45, 7) is 4.33. The minimum atomic E-state index is -0.216. The summed E-state index contributed by atoms with van der Waals surface area (Å²) in [4.78, 5) is 12.5. The van der Waals surface area contributed by atoms with E-state index in [0.29, 0.717) is 13.0 Å². The SMILES string of the molecule is Cc1cccc(C)c1NC(=O)C(CN)Cc1ccccc1. The molecule has 0 bridgehead atoms. The number of hydrogen-bond donors (Lipinski definition) is 2. The van der Waals surface area contributed by atoms with E-state index in [0.717, 1.165) is 22.4 Å². The number of rotatable bonds is 5. The number of anilines is 1. The van der Waals surface area contributed by atoms with Gasteiger partial charge in [0.1, 0.15) is 0 Å². The maximum absolute atomic E-state index is 12.5. The van der Waals surface area contributed by atoms with Crippen molar-refractivity contribution >= 4 is 11.6 Å². The van der Waals surface area contributed by atoms with Crippen LogP contribution < -0.4 is 11.1 Å². The Hall–Kier alpha value is -2.13. The van der Waals surface area contributed by atoms with E-state index in [4.69, 9.17) is 5.73 Å². The average Bonchev–Trinajstić information content (AvgIpc) is 2.49. The van der Waals surface area contributed by atoms with E-state index in [9.17, 15) is 4.79 Å². The van der Waals surface area contributed by atoms with Gasteiger partial charge in [-0.2, -0.15) is 0 Å².